The minimum absolute atomic E-state index is 0.0331. The monoisotopic (exact) mass is 701 g/mol. The van der Waals surface area contributed by atoms with E-state index in [4.69, 9.17) is 18.9 Å². The molecule has 0 radical (unpaired) electrons. The summed E-state index contributed by atoms with van der Waals surface area (Å²) in [6.07, 6.45) is 0.471. The molecule has 5 rings (SSSR count). The van der Waals surface area contributed by atoms with Crippen molar-refractivity contribution in [3.8, 4) is 11.1 Å². The van der Waals surface area contributed by atoms with Gasteiger partial charge in [0.05, 0.1) is 25.4 Å². The van der Waals surface area contributed by atoms with Crippen LogP contribution < -0.4 is 10.6 Å². The normalized spacial score (nSPS) is 22.3. The van der Waals surface area contributed by atoms with Gasteiger partial charge in [0.2, 0.25) is 0 Å². The Kier molecular flexibility index (Phi) is 12.9. The van der Waals surface area contributed by atoms with Crippen LogP contribution in [-0.4, -0.2) is 72.0 Å². The lowest BCUT2D eigenvalue weighted by Gasteiger charge is -2.43. The summed E-state index contributed by atoms with van der Waals surface area (Å²) in [6, 6.07) is 22.9. The van der Waals surface area contributed by atoms with Crippen LogP contribution in [0, 0.1) is 5.92 Å². The summed E-state index contributed by atoms with van der Waals surface area (Å²) < 4.78 is 24.0. The molecule has 3 N–H and O–H groups in total. The van der Waals surface area contributed by atoms with Gasteiger partial charge in [-0.3, -0.25) is 14.5 Å². The number of amides is 2. The van der Waals surface area contributed by atoms with Crippen LogP contribution in [0.3, 0.4) is 0 Å². The Morgan fingerprint density at radius 2 is 1.65 bits per heavy atom. The third-order valence-electron chi connectivity index (χ3n) is 9.23. The molecule has 0 spiro atoms. The number of nitrogens with one attached hydrogen (secondary N) is 2. The largest absolute Gasteiger partial charge is 0.465 e. The first-order valence-electron chi connectivity index (χ1n) is 17.8. The fraction of sp³-hybridized carbons (Fsp3) is 0.475. The fourth-order valence-electron chi connectivity index (χ4n) is 6.62. The second-order valence-corrected chi connectivity index (χ2v) is 14.1. The zero-order chi connectivity index (χ0) is 36.5. The number of rotatable bonds is 12. The molecule has 3 aromatic carbocycles. The maximum Gasteiger partial charge on any atom is 0.325 e. The average molecular weight is 702 g/mol. The topological polar surface area (TPSA) is 136 Å². The first-order chi connectivity index (χ1) is 24.5. The third kappa shape index (κ3) is 10.2. The van der Waals surface area contributed by atoms with Crippen molar-refractivity contribution in [2.45, 2.75) is 90.8 Å². The second-order valence-electron chi connectivity index (χ2n) is 14.1. The molecule has 2 fully saturated rings. The van der Waals surface area contributed by atoms with Crippen LogP contribution in [0.25, 0.3) is 11.1 Å². The van der Waals surface area contributed by atoms with Crippen molar-refractivity contribution in [3.63, 3.8) is 0 Å². The number of aliphatic hydroxyl groups is 1. The van der Waals surface area contributed by atoms with Crippen molar-refractivity contribution in [2.24, 2.45) is 5.92 Å². The van der Waals surface area contributed by atoms with E-state index in [1.54, 1.807) is 6.92 Å². The minimum Gasteiger partial charge on any atom is -0.465 e. The van der Waals surface area contributed by atoms with Crippen molar-refractivity contribution >= 4 is 18.0 Å². The molecule has 3 aromatic rings. The van der Waals surface area contributed by atoms with Crippen LogP contribution >= 0.6 is 0 Å². The van der Waals surface area contributed by atoms with Gasteiger partial charge in [0.25, 0.3) is 0 Å². The Balaban J connectivity index is 1.33. The van der Waals surface area contributed by atoms with E-state index in [9.17, 15) is 19.5 Å². The average Bonchev–Trinajstić information content (AvgIpc) is 3.59. The van der Waals surface area contributed by atoms with Gasteiger partial charge in [-0.25, -0.2) is 4.79 Å². The van der Waals surface area contributed by atoms with Gasteiger partial charge in [-0.05, 0) is 74.9 Å². The molecule has 2 aliphatic rings. The second kappa shape index (κ2) is 17.3. The first-order valence-corrected chi connectivity index (χ1v) is 17.8. The molecule has 0 saturated carbocycles. The molecule has 51 heavy (non-hydrogen) atoms. The molecule has 5 atom stereocenters. The molecule has 2 saturated heterocycles. The molecular weight excluding hydrogens is 650 g/mol. The van der Waals surface area contributed by atoms with Gasteiger partial charge < -0.3 is 34.7 Å². The number of carbonyl (C=O) groups excluding carboxylic acids is 3. The molecule has 274 valence electrons. The summed E-state index contributed by atoms with van der Waals surface area (Å²) >= 11 is 0. The van der Waals surface area contributed by atoms with Crippen molar-refractivity contribution in [1.82, 2.24) is 15.5 Å². The van der Waals surface area contributed by atoms with Gasteiger partial charge in [-0.2, -0.15) is 0 Å². The highest BCUT2D eigenvalue weighted by Crippen LogP contribution is 2.42. The summed E-state index contributed by atoms with van der Waals surface area (Å²) in [5.41, 5.74) is 4.93. The predicted octanol–water partition coefficient (Wildman–Crippen LogP) is 5.81. The summed E-state index contributed by atoms with van der Waals surface area (Å²) in [5, 5.41) is 15.0. The van der Waals surface area contributed by atoms with Crippen LogP contribution in [0.1, 0.15) is 82.1 Å². The Labute approximate surface area is 300 Å². The van der Waals surface area contributed by atoms with Gasteiger partial charge in [-0.15, -0.1) is 0 Å². The lowest BCUT2D eigenvalue weighted by atomic mass is 9.89. The zero-order valence-electron chi connectivity index (χ0n) is 30.2. The molecule has 11 nitrogen and oxygen atoms in total. The summed E-state index contributed by atoms with van der Waals surface area (Å²) in [4.78, 5) is 39.3. The summed E-state index contributed by atoms with van der Waals surface area (Å²) in [5.74, 6) is -0.725. The maximum absolute atomic E-state index is 13.2. The molecule has 0 aliphatic carbocycles. The first kappa shape index (κ1) is 38.0. The fourth-order valence-corrected chi connectivity index (χ4v) is 6.62. The number of urea groups is 1. The van der Waals surface area contributed by atoms with Crippen molar-refractivity contribution in [3.05, 3.63) is 95.1 Å². The lowest BCUT2D eigenvalue weighted by Crippen LogP contribution is -2.48. The number of nitrogens with zero attached hydrogens (tertiary/aromatic N) is 1. The van der Waals surface area contributed by atoms with Crippen LogP contribution in [0.4, 0.5) is 4.79 Å². The van der Waals surface area contributed by atoms with E-state index >= 15 is 0 Å². The highest BCUT2D eigenvalue weighted by Gasteiger charge is 2.42. The molecule has 0 aromatic heterocycles. The van der Waals surface area contributed by atoms with Crippen LogP contribution in [0.15, 0.2) is 72.8 Å². The van der Waals surface area contributed by atoms with Crippen molar-refractivity contribution < 1.29 is 38.4 Å². The van der Waals surface area contributed by atoms with Crippen molar-refractivity contribution in [2.75, 3.05) is 26.2 Å². The zero-order valence-corrected chi connectivity index (χ0v) is 30.2. The number of hydrogen-bond acceptors (Lipinski definition) is 9. The number of ether oxygens (including phenoxy) is 4. The number of esters is 2. The number of aliphatic hydroxyl groups excluding tert-OH is 1. The number of carbonyl (C=O) groups is 3. The van der Waals surface area contributed by atoms with Gasteiger partial charge in [0, 0.05) is 24.6 Å². The molecule has 0 bridgehead atoms. The van der Waals surface area contributed by atoms with E-state index in [2.05, 4.69) is 22.5 Å². The van der Waals surface area contributed by atoms with Crippen LogP contribution in [-0.2, 0) is 41.7 Å². The standard InChI is InChI=1S/C40H51N3O8/c1-6-48-35(45)23-42-39(47)41-22-31-10-7-8-11-32(31)28-17-19-30(20-18-28)38-49-34(24-43-21-9-12-33(43)37(46)51-40(3,4)5)26(2)36(50-38)29-15-13-27(25-44)14-16-29/h7-8,10-11,13-20,26,33-34,36,38,44H,6,9,12,21-25H2,1-5H3,(H2,41,42,47)/t26-,33+,34+,36+,38+/m1/s1. The predicted molar refractivity (Wildman–Crippen MR) is 192 cm³/mol. The smallest absolute Gasteiger partial charge is 0.325 e. The Morgan fingerprint density at radius 3 is 2.33 bits per heavy atom. The summed E-state index contributed by atoms with van der Waals surface area (Å²) in [6.45, 7) is 11.1. The molecule has 2 aliphatic heterocycles. The minimum atomic E-state index is -0.662. The van der Waals surface area contributed by atoms with Crippen molar-refractivity contribution in [1.29, 1.82) is 0 Å². The Hall–Kier alpha value is -4.29. The maximum atomic E-state index is 13.2. The van der Waals surface area contributed by atoms with E-state index in [0.717, 1.165) is 52.8 Å². The molecule has 2 heterocycles. The Bertz CT molecular complexity index is 1620. The highest BCUT2D eigenvalue weighted by atomic mass is 16.7. The molecule has 0 unspecified atom stereocenters. The van der Waals surface area contributed by atoms with Gasteiger partial charge in [-0.1, -0.05) is 79.7 Å². The van der Waals surface area contributed by atoms with Crippen LogP contribution in [0.5, 0.6) is 0 Å². The van der Waals surface area contributed by atoms with E-state index in [1.165, 1.54) is 0 Å². The van der Waals surface area contributed by atoms with E-state index in [-0.39, 0.29) is 56.4 Å². The Morgan fingerprint density at radius 1 is 0.941 bits per heavy atom. The van der Waals surface area contributed by atoms with Gasteiger partial charge in [0.1, 0.15) is 18.2 Å². The lowest BCUT2D eigenvalue weighted by molar-refractivity contribution is -0.276. The highest BCUT2D eigenvalue weighted by molar-refractivity contribution is 5.81. The van der Waals surface area contributed by atoms with E-state index in [0.29, 0.717) is 6.54 Å². The van der Waals surface area contributed by atoms with Gasteiger partial charge in [0.15, 0.2) is 6.29 Å². The molecule has 11 heteroatoms. The third-order valence-corrected chi connectivity index (χ3v) is 9.23. The number of hydrogen-bond donors (Lipinski definition) is 3. The van der Waals surface area contributed by atoms with Gasteiger partial charge >= 0.3 is 18.0 Å². The van der Waals surface area contributed by atoms with E-state index < -0.39 is 23.9 Å². The summed E-state index contributed by atoms with van der Waals surface area (Å²) in [7, 11) is 0. The quantitative estimate of drug-likeness (QED) is 0.200. The number of benzene rings is 3. The SMILES string of the molecule is CCOC(=O)CNC(=O)NCc1ccccc1-c1ccc([C@H]2O[C@@H](CN3CCC[C@H]3C(=O)OC(C)(C)C)[C@@H](C)[C@@H](c3ccc(CO)cc3)O2)cc1. The van der Waals surface area contributed by atoms with E-state index in [1.807, 2.05) is 93.6 Å². The molecule has 2 amide bonds. The molecular formula is C40H51N3O8. The number of likely N-dealkylation sites (tertiary alicyclic amines) is 1. The van der Waals surface area contributed by atoms with Crippen LogP contribution in [0.2, 0.25) is 0 Å².